The van der Waals surface area contributed by atoms with Crippen molar-refractivity contribution in [3.63, 3.8) is 0 Å². The van der Waals surface area contributed by atoms with Gasteiger partial charge in [0.2, 0.25) is 0 Å². The van der Waals surface area contributed by atoms with Gasteiger partial charge in [-0.15, -0.1) is 0 Å². The Morgan fingerprint density at radius 1 is 1.30 bits per heavy atom. The molecule has 2 rings (SSSR count). The Hall–Kier alpha value is -1.78. The van der Waals surface area contributed by atoms with E-state index in [4.69, 9.17) is 27.9 Å². The van der Waals surface area contributed by atoms with Crippen LogP contribution in [-0.4, -0.2) is 17.6 Å². The number of pyridine rings is 1. The minimum absolute atomic E-state index is 0.330. The summed E-state index contributed by atoms with van der Waals surface area (Å²) < 4.78 is 4.88. The number of hydrogen-bond acceptors (Lipinski definition) is 4. The number of nitrogens with zero attached hydrogens (tertiary/aromatic N) is 1. The lowest BCUT2D eigenvalue weighted by molar-refractivity contribution is 0.0526. The van der Waals surface area contributed by atoms with Gasteiger partial charge < -0.3 is 10.1 Å². The Labute approximate surface area is 126 Å². The highest BCUT2D eigenvalue weighted by Gasteiger charge is 2.08. The van der Waals surface area contributed by atoms with Crippen LogP contribution in [0.15, 0.2) is 36.5 Å². The van der Waals surface area contributed by atoms with Crippen molar-refractivity contribution in [1.82, 2.24) is 4.98 Å². The summed E-state index contributed by atoms with van der Waals surface area (Å²) in [4.78, 5) is 15.6. The van der Waals surface area contributed by atoms with Crippen LogP contribution in [0.25, 0.3) is 0 Å². The maximum Gasteiger partial charge on any atom is 0.339 e. The minimum Gasteiger partial charge on any atom is -0.462 e. The van der Waals surface area contributed by atoms with Crippen LogP contribution < -0.4 is 5.32 Å². The maximum atomic E-state index is 11.5. The van der Waals surface area contributed by atoms with Gasteiger partial charge in [-0.3, -0.25) is 0 Å². The fraction of sp³-hybridized carbons (Fsp3) is 0.143. The van der Waals surface area contributed by atoms with Crippen molar-refractivity contribution >= 4 is 40.7 Å². The minimum atomic E-state index is -0.396. The Morgan fingerprint density at radius 2 is 2.10 bits per heavy atom. The molecular formula is C14H12Cl2N2O2. The van der Waals surface area contributed by atoms with Crippen molar-refractivity contribution in [1.29, 1.82) is 0 Å². The Kier molecular flexibility index (Phi) is 4.82. The quantitative estimate of drug-likeness (QED) is 0.855. The third-order valence-electron chi connectivity index (χ3n) is 2.49. The summed E-state index contributed by atoms with van der Waals surface area (Å²) in [6, 6.07) is 8.57. The Balaban J connectivity index is 2.15. The number of rotatable bonds is 4. The van der Waals surface area contributed by atoms with Gasteiger partial charge in [-0.25, -0.2) is 9.78 Å². The lowest BCUT2D eigenvalue weighted by Gasteiger charge is -2.09. The first-order valence-corrected chi connectivity index (χ1v) is 6.71. The molecule has 0 aliphatic carbocycles. The second kappa shape index (κ2) is 6.59. The number of anilines is 2. The lowest BCUT2D eigenvalue weighted by atomic mass is 10.2. The van der Waals surface area contributed by atoms with Gasteiger partial charge in [0.05, 0.1) is 27.9 Å². The largest absolute Gasteiger partial charge is 0.462 e. The predicted molar refractivity (Wildman–Crippen MR) is 79.9 cm³/mol. The lowest BCUT2D eigenvalue weighted by Crippen LogP contribution is -2.05. The first-order chi connectivity index (χ1) is 9.61. The fourth-order valence-electron chi connectivity index (χ4n) is 1.54. The molecule has 0 radical (unpaired) electrons. The molecule has 0 saturated carbocycles. The van der Waals surface area contributed by atoms with Gasteiger partial charge in [-0.2, -0.15) is 0 Å². The van der Waals surface area contributed by atoms with E-state index in [0.29, 0.717) is 33.7 Å². The van der Waals surface area contributed by atoms with Gasteiger partial charge in [0.25, 0.3) is 0 Å². The Morgan fingerprint density at radius 3 is 2.75 bits per heavy atom. The molecule has 1 aromatic carbocycles. The van der Waals surface area contributed by atoms with Crippen LogP contribution in [0, 0.1) is 0 Å². The van der Waals surface area contributed by atoms with E-state index in [2.05, 4.69) is 10.3 Å². The van der Waals surface area contributed by atoms with Crippen LogP contribution in [0.4, 0.5) is 11.5 Å². The summed E-state index contributed by atoms with van der Waals surface area (Å²) >= 11 is 12.0. The molecule has 104 valence electrons. The molecule has 0 bridgehead atoms. The standard InChI is InChI=1S/C14H12Cl2N2O2/c1-2-20-14(19)9-6-7-12(17-8-9)18-11-5-3-4-10(15)13(11)16/h3-8H,2H2,1H3,(H,17,18). The topological polar surface area (TPSA) is 51.2 Å². The van der Waals surface area contributed by atoms with E-state index in [0.717, 1.165) is 0 Å². The van der Waals surface area contributed by atoms with E-state index >= 15 is 0 Å². The molecule has 2 aromatic rings. The summed E-state index contributed by atoms with van der Waals surface area (Å²) in [6.45, 7) is 2.08. The number of nitrogens with one attached hydrogen (secondary N) is 1. The number of esters is 1. The molecule has 6 heteroatoms. The summed E-state index contributed by atoms with van der Waals surface area (Å²) in [7, 11) is 0. The van der Waals surface area contributed by atoms with Gasteiger partial charge in [-0.05, 0) is 31.2 Å². The van der Waals surface area contributed by atoms with Crippen molar-refractivity contribution < 1.29 is 9.53 Å². The van der Waals surface area contributed by atoms with Crippen molar-refractivity contribution in [2.24, 2.45) is 0 Å². The van der Waals surface area contributed by atoms with Crippen LogP contribution >= 0.6 is 23.2 Å². The highest BCUT2D eigenvalue weighted by Crippen LogP contribution is 2.31. The summed E-state index contributed by atoms with van der Waals surface area (Å²) in [5, 5.41) is 3.91. The Bertz CT molecular complexity index is 615. The van der Waals surface area contributed by atoms with Crippen LogP contribution in [0.3, 0.4) is 0 Å². The molecule has 0 aliphatic rings. The average molecular weight is 311 g/mol. The highest BCUT2D eigenvalue weighted by molar-refractivity contribution is 6.43. The molecule has 0 atom stereocenters. The monoisotopic (exact) mass is 310 g/mol. The third kappa shape index (κ3) is 3.40. The van der Waals surface area contributed by atoms with Gasteiger partial charge >= 0.3 is 5.97 Å². The van der Waals surface area contributed by atoms with Gasteiger partial charge in [0, 0.05) is 6.20 Å². The summed E-state index contributed by atoms with van der Waals surface area (Å²) in [5.41, 5.74) is 1.05. The van der Waals surface area contributed by atoms with E-state index in [1.807, 2.05) is 0 Å². The summed E-state index contributed by atoms with van der Waals surface area (Å²) in [5.74, 6) is 0.162. The first kappa shape index (κ1) is 14.6. The molecule has 1 aromatic heterocycles. The molecule has 0 aliphatic heterocycles. The van der Waals surface area contributed by atoms with Gasteiger partial charge in [0.15, 0.2) is 0 Å². The fourth-order valence-corrected chi connectivity index (χ4v) is 1.89. The van der Waals surface area contributed by atoms with Gasteiger partial charge in [0.1, 0.15) is 5.82 Å². The van der Waals surface area contributed by atoms with Crippen LogP contribution in [0.1, 0.15) is 17.3 Å². The van der Waals surface area contributed by atoms with Crippen molar-refractivity contribution in [3.05, 3.63) is 52.1 Å². The van der Waals surface area contributed by atoms with E-state index in [1.165, 1.54) is 6.20 Å². The van der Waals surface area contributed by atoms with Crippen molar-refractivity contribution in [3.8, 4) is 0 Å². The van der Waals surface area contributed by atoms with Gasteiger partial charge in [-0.1, -0.05) is 29.3 Å². The number of carbonyl (C=O) groups is 1. The zero-order chi connectivity index (χ0) is 14.5. The smallest absolute Gasteiger partial charge is 0.339 e. The molecule has 0 fully saturated rings. The SMILES string of the molecule is CCOC(=O)c1ccc(Nc2cccc(Cl)c2Cl)nc1. The third-order valence-corrected chi connectivity index (χ3v) is 3.31. The number of halogens is 2. The van der Waals surface area contributed by atoms with Crippen LogP contribution in [-0.2, 0) is 4.74 Å². The van der Waals surface area contributed by atoms with E-state index < -0.39 is 5.97 Å². The number of ether oxygens (including phenoxy) is 1. The second-order valence-corrected chi connectivity index (χ2v) is 4.66. The molecule has 0 spiro atoms. The molecule has 1 N–H and O–H groups in total. The van der Waals surface area contributed by atoms with E-state index in [9.17, 15) is 4.79 Å². The zero-order valence-electron chi connectivity index (χ0n) is 10.7. The molecule has 20 heavy (non-hydrogen) atoms. The number of aromatic nitrogens is 1. The zero-order valence-corrected chi connectivity index (χ0v) is 12.2. The maximum absolute atomic E-state index is 11.5. The number of benzene rings is 1. The van der Waals surface area contributed by atoms with Crippen molar-refractivity contribution in [2.75, 3.05) is 11.9 Å². The molecular weight excluding hydrogens is 299 g/mol. The second-order valence-electron chi connectivity index (χ2n) is 3.88. The normalized spacial score (nSPS) is 10.2. The predicted octanol–water partition coefficient (Wildman–Crippen LogP) is 4.31. The molecule has 4 nitrogen and oxygen atoms in total. The van der Waals surface area contributed by atoms with Crippen molar-refractivity contribution in [2.45, 2.75) is 6.92 Å². The highest BCUT2D eigenvalue weighted by atomic mass is 35.5. The van der Waals surface area contributed by atoms with Crippen LogP contribution in [0.2, 0.25) is 10.0 Å². The van der Waals surface area contributed by atoms with Crippen LogP contribution in [0.5, 0.6) is 0 Å². The number of carbonyl (C=O) groups excluding carboxylic acids is 1. The molecule has 1 heterocycles. The first-order valence-electron chi connectivity index (χ1n) is 5.96. The number of hydrogen-bond donors (Lipinski definition) is 1. The summed E-state index contributed by atoms with van der Waals surface area (Å²) in [6.07, 6.45) is 1.44. The molecule has 0 unspecified atom stereocenters. The van der Waals surface area contributed by atoms with E-state index in [1.54, 1.807) is 37.3 Å². The van der Waals surface area contributed by atoms with E-state index in [-0.39, 0.29) is 0 Å². The molecule has 0 amide bonds. The molecule has 0 saturated heterocycles. The average Bonchev–Trinajstić information content (AvgIpc) is 2.45.